The lowest BCUT2D eigenvalue weighted by Gasteiger charge is -2.37. The molecule has 6 nitrogen and oxygen atoms in total. The normalized spacial score (nSPS) is 26.6. The SMILES string of the molecule is Cc1nc(CNC(=O)C2CCCCC2(C)N)no1.Cl. The zero-order chi connectivity index (χ0) is 13.2. The van der Waals surface area contributed by atoms with Crippen molar-refractivity contribution in [3.8, 4) is 0 Å². The van der Waals surface area contributed by atoms with E-state index in [2.05, 4.69) is 15.5 Å². The van der Waals surface area contributed by atoms with Gasteiger partial charge in [-0.15, -0.1) is 12.4 Å². The average molecular weight is 289 g/mol. The Kier molecular flexibility index (Phi) is 5.31. The van der Waals surface area contributed by atoms with Crippen LogP contribution in [0.15, 0.2) is 4.52 Å². The summed E-state index contributed by atoms with van der Waals surface area (Å²) in [4.78, 5) is 16.2. The van der Waals surface area contributed by atoms with Crippen LogP contribution in [0.3, 0.4) is 0 Å². The summed E-state index contributed by atoms with van der Waals surface area (Å²) in [6.07, 6.45) is 3.91. The van der Waals surface area contributed by atoms with E-state index in [-0.39, 0.29) is 24.2 Å². The van der Waals surface area contributed by atoms with Crippen molar-refractivity contribution < 1.29 is 9.32 Å². The molecule has 2 atom stereocenters. The molecule has 0 aromatic carbocycles. The Bertz CT molecular complexity index is 433. The van der Waals surface area contributed by atoms with Crippen LogP contribution >= 0.6 is 12.4 Å². The van der Waals surface area contributed by atoms with E-state index >= 15 is 0 Å². The van der Waals surface area contributed by atoms with Gasteiger partial charge in [0.15, 0.2) is 5.82 Å². The average Bonchev–Trinajstić information content (AvgIpc) is 2.71. The number of nitrogens with one attached hydrogen (secondary N) is 1. The fraction of sp³-hybridized carbons (Fsp3) is 0.750. The number of carbonyl (C=O) groups is 1. The summed E-state index contributed by atoms with van der Waals surface area (Å²) in [5, 5.41) is 6.57. The van der Waals surface area contributed by atoms with Gasteiger partial charge in [0.25, 0.3) is 0 Å². The highest BCUT2D eigenvalue weighted by Crippen LogP contribution is 2.31. The fourth-order valence-electron chi connectivity index (χ4n) is 2.49. The maximum absolute atomic E-state index is 12.1. The highest BCUT2D eigenvalue weighted by Gasteiger charge is 2.37. The van der Waals surface area contributed by atoms with Crippen LogP contribution in [-0.2, 0) is 11.3 Å². The molecule has 0 spiro atoms. The van der Waals surface area contributed by atoms with Gasteiger partial charge >= 0.3 is 0 Å². The topological polar surface area (TPSA) is 94.0 Å². The molecule has 2 unspecified atom stereocenters. The zero-order valence-corrected chi connectivity index (χ0v) is 12.1. The van der Waals surface area contributed by atoms with E-state index in [1.807, 2.05) is 6.92 Å². The molecular formula is C12H21ClN4O2. The van der Waals surface area contributed by atoms with E-state index in [4.69, 9.17) is 10.3 Å². The lowest BCUT2D eigenvalue weighted by Crippen LogP contribution is -2.52. The predicted molar refractivity (Wildman–Crippen MR) is 72.7 cm³/mol. The van der Waals surface area contributed by atoms with E-state index < -0.39 is 5.54 Å². The molecule has 1 aromatic rings. The number of hydrogen-bond acceptors (Lipinski definition) is 5. The van der Waals surface area contributed by atoms with Crippen molar-refractivity contribution in [3.05, 3.63) is 11.7 Å². The number of nitrogens with two attached hydrogens (primary N) is 1. The number of nitrogens with zero attached hydrogens (tertiary/aromatic N) is 2. The first kappa shape index (κ1) is 15.9. The van der Waals surface area contributed by atoms with Crippen molar-refractivity contribution in [1.82, 2.24) is 15.5 Å². The number of rotatable bonds is 3. The van der Waals surface area contributed by atoms with Crippen LogP contribution in [0, 0.1) is 12.8 Å². The Balaban J connectivity index is 0.00000180. The third-order valence-corrected chi connectivity index (χ3v) is 3.56. The van der Waals surface area contributed by atoms with Gasteiger partial charge in [-0.05, 0) is 19.8 Å². The molecule has 1 saturated carbocycles. The predicted octanol–water partition coefficient (Wildman–Crippen LogP) is 1.32. The van der Waals surface area contributed by atoms with Gasteiger partial charge in [-0.2, -0.15) is 4.98 Å². The molecule has 0 bridgehead atoms. The summed E-state index contributed by atoms with van der Waals surface area (Å²) >= 11 is 0. The van der Waals surface area contributed by atoms with Gasteiger partial charge in [0, 0.05) is 12.5 Å². The molecule has 1 heterocycles. The van der Waals surface area contributed by atoms with Gasteiger partial charge in [0.1, 0.15) is 0 Å². The molecule has 1 aliphatic rings. The van der Waals surface area contributed by atoms with Crippen molar-refractivity contribution in [2.45, 2.75) is 51.6 Å². The van der Waals surface area contributed by atoms with Gasteiger partial charge in [-0.1, -0.05) is 18.0 Å². The van der Waals surface area contributed by atoms with Crippen LogP contribution in [0.25, 0.3) is 0 Å². The Morgan fingerprint density at radius 1 is 1.58 bits per heavy atom. The standard InChI is InChI=1S/C12H20N4O2.ClH/c1-8-15-10(16-18-8)7-14-11(17)9-5-3-4-6-12(9,2)13;/h9H,3-7,13H2,1-2H3,(H,14,17);1H. The number of aryl methyl sites for hydroxylation is 1. The molecule has 1 aliphatic carbocycles. The van der Waals surface area contributed by atoms with E-state index in [0.29, 0.717) is 18.3 Å². The molecule has 0 aliphatic heterocycles. The second kappa shape index (κ2) is 6.34. The van der Waals surface area contributed by atoms with Crippen LogP contribution in [0.4, 0.5) is 0 Å². The third kappa shape index (κ3) is 3.91. The minimum absolute atomic E-state index is 0. The maximum Gasteiger partial charge on any atom is 0.225 e. The van der Waals surface area contributed by atoms with Crippen molar-refractivity contribution in [2.75, 3.05) is 0 Å². The van der Waals surface area contributed by atoms with Gasteiger partial charge in [0.2, 0.25) is 11.8 Å². The number of hydrogen-bond donors (Lipinski definition) is 2. The lowest BCUT2D eigenvalue weighted by atomic mass is 9.74. The smallest absolute Gasteiger partial charge is 0.225 e. The Morgan fingerprint density at radius 3 is 2.89 bits per heavy atom. The molecule has 3 N–H and O–H groups in total. The Labute approximate surface area is 118 Å². The van der Waals surface area contributed by atoms with Gasteiger partial charge in [-0.3, -0.25) is 4.79 Å². The largest absolute Gasteiger partial charge is 0.348 e. The van der Waals surface area contributed by atoms with Crippen LogP contribution in [0.1, 0.15) is 44.3 Å². The van der Waals surface area contributed by atoms with Crippen molar-refractivity contribution in [3.63, 3.8) is 0 Å². The number of amides is 1. The molecule has 19 heavy (non-hydrogen) atoms. The van der Waals surface area contributed by atoms with E-state index in [9.17, 15) is 4.79 Å². The monoisotopic (exact) mass is 288 g/mol. The summed E-state index contributed by atoms with van der Waals surface area (Å²) in [6, 6.07) is 0. The summed E-state index contributed by atoms with van der Waals surface area (Å²) in [7, 11) is 0. The number of aromatic nitrogens is 2. The van der Waals surface area contributed by atoms with Crippen molar-refractivity contribution in [1.29, 1.82) is 0 Å². The quantitative estimate of drug-likeness (QED) is 0.875. The second-order valence-electron chi connectivity index (χ2n) is 5.25. The first-order valence-electron chi connectivity index (χ1n) is 6.35. The summed E-state index contributed by atoms with van der Waals surface area (Å²) in [6.45, 7) is 3.97. The minimum Gasteiger partial charge on any atom is -0.348 e. The molecule has 2 rings (SSSR count). The summed E-state index contributed by atoms with van der Waals surface area (Å²) < 4.78 is 4.85. The van der Waals surface area contributed by atoms with E-state index in [1.54, 1.807) is 6.92 Å². The molecule has 1 amide bonds. The zero-order valence-electron chi connectivity index (χ0n) is 11.3. The van der Waals surface area contributed by atoms with Crippen LogP contribution in [0.5, 0.6) is 0 Å². The molecule has 7 heteroatoms. The molecule has 0 saturated heterocycles. The molecular weight excluding hydrogens is 268 g/mol. The first-order chi connectivity index (χ1) is 8.49. The number of carbonyl (C=O) groups excluding carboxylic acids is 1. The van der Waals surface area contributed by atoms with Crippen molar-refractivity contribution in [2.24, 2.45) is 11.7 Å². The van der Waals surface area contributed by atoms with Gasteiger partial charge in [-0.25, -0.2) is 0 Å². The van der Waals surface area contributed by atoms with Gasteiger partial charge < -0.3 is 15.6 Å². The summed E-state index contributed by atoms with van der Waals surface area (Å²) in [5.41, 5.74) is 5.78. The molecule has 1 fully saturated rings. The van der Waals surface area contributed by atoms with E-state index in [1.165, 1.54) is 0 Å². The fourth-order valence-corrected chi connectivity index (χ4v) is 2.49. The number of halogens is 1. The second-order valence-corrected chi connectivity index (χ2v) is 5.25. The van der Waals surface area contributed by atoms with Crippen LogP contribution < -0.4 is 11.1 Å². The maximum atomic E-state index is 12.1. The molecule has 0 radical (unpaired) electrons. The summed E-state index contributed by atoms with van der Waals surface area (Å²) in [5.74, 6) is 0.859. The molecule has 108 valence electrons. The van der Waals surface area contributed by atoms with E-state index in [0.717, 1.165) is 25.7 Å². The van der Waals surface area contributed by atoms with Crippen LogP contribution in [-0.4, -0.2) is 21.6 Å². The Hall–Kier alpha value is -1.14. The first-order valence-corrected chi connectivity index (χ1v) is 6.35. The van der Waals surface area contributed by atoms with Crippen LogP contribution in [0.2, 0.25) is 0 Å². The van der Waals surface area contributed by atoms with Gasteiger partial charge in [0.05, 0.1) is 12.5 Å². The van der Waals surface area contributed by atoms with Crippen molar-refractivity contribution >= 4 is 18.3 Å². The molecule has 1 aromatic heterocycles. The highest BCUT2D eigenvalue weighted by atomic mass is 35.5. The highest BCUT2D eigenvalue weighted by molar-refractivity contribution is 5.85. The lowest BCUT2D eigenvalue weighted by molar-refractivity contribution is -0.128. The third-order valence-electron chi connectivity index (χ3n) is 3.56. The minimum atomic E-state index is -0.407. The Morgan fingerprint density at radius 2 is 2.32 bits per heavy atom.